The predicted molar refractivity (Wildman–Crippen MR) is 211 cm³/mol. The zero-order chi connectivity index (χ0) is 35.5. The molecule has 0 N–H and O–H groups in total. The SMILES string of the molecule is CC1(C)c2ccccc2-c2c1ccc1c2Oc2c(cccc2-c2ccccc2-c2nc(-c3ccccc3)nc(-c3cccc(-c4ccccc4)c3)n2)O1. The third kappa shape index (κ3) is 5.12. The van der Waals surface area contributed by atoms with Gasteiger partial charge in [0.15, 0.2) is 40.5 Å². The van der Waals surface area contributed by atoms with Crippen LogP contribution in [0.2, 0.25) is 0 Å². The Hall–Kier alpha value is -6.85. The molecule has 10 rings (SSSR count). The van der Waals surface area contributed by atoms with Gasteiger partial charge < -0.3 is 9.47 Å². The average Bonchev–Trinajstić information content (AvgIpc) is 3.46. The zero-order valence-electron chi connectivity index (χ0n) is 29.2. The fraction of sp³-hybridized carbons (Fsp3) is 0.0625. The normalized spacial score (nSPS) is 13.2. The molecule has 2 heterocycles. The molecular formula is C48H33N3O2. The van der Waals surface area contributed by atoms with E-state index in [1.165, 1.54) is 16.7 Å². The van der Waals surface area contributed by atoms with Gasteiger partial charge in [0, 0.05) is 33.2 Å². The molecular weight excluding hydrogens is 651 g/mol. The lowest BCUT2D eigenvalue weighted by Gasteiger charge is -2.26. The fourth-order valence-corrected chi connectivity index (χ4v) is 7.78. The van der Waals surface area contributed by atoms with Crippen LogP contribution in [0.1, 0.15) is 25.0 Å². The summed E-state index contributed by atoms with van der Waals surface area (Å²) in [7, 11) is 0. The van der Waals surface area contributed by atoms with E-state index in [1.54, 1.807) is 0 Å². The van der Waals surface area contributed by atoms with Gasteiger partial charge in [-0.3, -0.25) is 0 Å². The van der Waals surface area contributed by atoms with Gasteiger partial charge in [0.05, 0.1) is 0 Å². The van der Waals surface area contributed by atoms with E-state index in [0.717, 1.165) is 50.3 Å². The highest BCUT2D eigenvalue weighted by Gasteiger charge is 2.40. The van der Waals surface area contributed by atoms with Gasteiger partial charge >= 0.3 is 0 Å². The van der Waals surface area contributed by atoms with Crippen molar-refractivity contribution in [1.82, 2.24) is 15.0 Å². The first-order chi connectivity index (χ1) is 26.0. The summed E-state index contributed by atoms with van der Waals surface area (Å²) in [4.78, 5) is 15.3. The van der Waals surface area contributed by atoms with Crippen molar-refractivity contribution in [1.29, 1.82) is 0 Å². The van der Waals surface area contributed by atoms with Crippen molar-refractivity contribution in [3.8, 4) is 90.5 Å². The molecule has 0 unspecified atom stereocenters. The maximum absolute atomic E-state index is 7.01. The molecule has 5 nitrogen and oxygen atoms in total. The van der Waals surface area contributed by atoms with Crippen molar-refractivity contribution < 1.29 is 9.47 Å². The van der Waals surface area contributed by atoms with Gasteiger partial charge in [-0.15, -0.1) is 0 Å². The molecule has 2 aliphatic rings. The van der Waals surface area contributed by atoms with E-state index in [9.17, 15) is 0 Å². The largest absolute Gasteiger partial charge is 0.449 e. The van der Waals surface area contributed by atoms with Crippen LogP contribution < -0.4 is 9.47 Å². The number of aromatic nitrogens is 3. The number of benzene rings is 7. The highest BCUT2D eigenvalue weighted by molar-refractivity contribution is 5.91. The molecule has 0 saturated carbocycles. The van der Waals surface area contributed by atoms with Crippen LogP contribution in [-0.4, -0.2) is 15.0 Å². The lowest BCUT2D eigenvalue weighted by molar-refractivity contribution is 0.361. The minimum absolute atomic E-state index is 0.163. The average molecular weight is 684 g/mol. The van der Waals surface area contributed by atoms with Crippen LogP contribution in [-0.2, 0) is 5.41 Å². The van der Waals surface area contributed by atoms with E-state index in [-0.39, 0.29) is 5.41 Å². The molecule has 0 radical (unpaired) electrons. The monoisotopic (exact) mass is 683 g/mol. The molecule has 0 amide bonds. The standard InChI is InChI=1S/C48H33N3O2/c1-48(2)38-25-12-11-23-37(38)42-39(48)27-28-41-44(42)53-43-35(24-14-26-40(43)52-41)34-21-9-10-22-36(34)47-50-45(31-17-7-4-8-18-31)49-46(51-47)33-20-13-19-32(29-33)30-15-5-3-6-16-30/h3-29H,1-2H3. The third-order valence-corrected chi connectivity index (χ3v) is 10.4. The van der Waals surface area contributed by atoms with E-state index in [1.807, 2.05) is 66.7 Å². The van der Waals surface area contributed by atoms with Crippen LogP contribution >= 0.6 is 0 Å². The maximum atomic E-state index is 7.01. The number of hydrogen-bond donors (Lipinski definition) is 0. The van der Waals surface area contributed by atoms with Crippen molar-refractivity contribution in [2.45, 2.75) is 19.3 Å². The van der Waals surface area contributed by atoms with Crippen LogP contribution in [0.15, 0.2) is 164 Å². The summed E-state index contributed by atoms with van der Waals surface area (Å²) in [5.74, 6) is 4.55. The smallest absolute Gasteiger partial charge is 0.178 e. The van der Waals surface area contributed by atoms with Crippen molar-refractivity contribution in [2.75, 3.05) is 0 Å². The molecule has 252 valence electrons. The minimum Gasteiger partial charge on any atom is -0.449 e. The predicted octanol–water partition coefficient (Wildman–Crippen LogP) is 12.4. The lowest BCUT2D eigenvalue weighted by Crippen LogP contribution is -2.15. The lowest BCUT2D eigenvalue weighted by atomic mass is 9.82. The fourth-order valence-electron chi connectivity index (χ4n) is 7.78. The molecule has 1 aliphatic heterocycles. The summed E-state index contributed by atoms with van der Waals surface area (Å²) < 4.78 is 13.6. The Bertz CT molecular complexity index is 2700. The molecule has 0 bridgehead atoms. The topological polar surface area (TPSA) is 57.1 Å². The Morgan fingerprint density at radius 1 is 0.377 bits per heavy atom. The second kappa shape index (κ2) is 12.1. The maximum Gasteiger partial charge on any atom is 0.178 e. The second-order valence-electron chi connectivity index (χ2n) is 14.0. The number of rotatable bonds is 5. The summed E-state index contributed by atoms with van der Waals surface area (Å²) in [5, 5.41) is 0. The highest BCUT2D eigenvalue weighted by Crippen LogP contribution is 2.59. The van der Waals surface area contributed by atoms with E-state index in [2.05, 4.69) is 111 Å². The van der Waals surface area contributed by atoms with Crippen molar-refractivity contribution in [3.63, 3.8) is 0 Å². The molecule has 0 spiro atoms. The summed E-state index contributed by atoms with van der Waals surface area (Å²) >= 11 is 0. The summed E-state index contributed by atoms with van der Waals surface area (Å²) in [6.07, 6.45) is 0. The van der Waals surface area contributed by atoms with Gasteiger partial charge in [-0.2, -0.15) is 0 Å². The second-order valence-corrected chi connectivity index (χ2v) is 14.0. The Kier molecular flexibility index (Phi) is 7.08. The van der Waals surface area contributed by atoms with Gasteiger partial charge in [-0.25, -0.2) is 15.0 Å². The van der Waals surface area contributed by atoms with Crippen molar-refractivity contribution >= 4 is 0 Å². The van der Waals surface area contributed by atoms with Crippen molar-refractivity contribution in [2.24, 2.45) is 0 Å². The van der Waals surface area contributed by atoms with E-state index >= 15 is 0 Å². The van der Waals surface area contributed by atoms with Gasteiger partial charge in [0.2, 0.25) is 0 Å². The number of fused-ring (bicyclic) bond motifs is 6. The molecule has 8 aromatic rings. The van der Waals surface area contributed by atoms with Gasteiger partial charge in [0.25, 0.3) is 0 Å². The first kappa shape index (κ1) is 30.9. The first-order valence-corrected chi connectivity index (χ1v) is 17.9. The van der Waals surface area contributed by atoms with E-state index < -0.39 is 0 Å². The van der Waals surface area contributed by atoms with Gasteiger partial charge in [0.1, 0.15) is 0 Å². The van der Waals surface area contributed by atoms with Crippen LogP contribution in [0.25, 0.3) is 67.5 Å². The molecule has 5 heteroatoms. The zero-order valence-corrected chi connectivity index (χ0v) is 29.2. The first-order valence-electron chi connectivity index (χ1n) is 17.9. The van der Waals surface area contributed by atoms with Gasteiger partial charge in [-0.1, -0.05) is 159 Å². The van der Waals surface area contributed by atoms with Crippen LogP contribution in [0.3, 0.4) is 0 Å². The van der Waals surface area contributed by atoms with Crippen LogP contribution in [0, 0.1) is 0 Å². The highest BCUT2D eigenvalue weighted by atomic mass is 16.6. The van der Waals surface area contributed by atoms with Gasteiger partial charge in [-0.05, 0) is 51.6 Å². The Labute approximate surface area is 308 Å². The Morgan fingerprint density at radius 2 is 0.943 bits per heavy atom. The molecule has 0 atom stereocenters. The molecule has 53 heavy (non-hydrogen) atoms. The summed E-state index contributed by atoms with van der Waals surface area (Å²) in [5.41, 5.74) is 11.3. The summed E-state index contributed by atoms with van der Waals surface area (Å²) in [6.45, 7) is 4.54. The molecule has 0 fully saturated rings. The number of ether oxygens (including phenoxy) is 2. The molecule has 0 saturated heterocycles. The van der Waals surface area contributed by atoms with Crippen LogP contribution in [0.4, 0.5) is 0 Å². The van der Waals surface area contributed by atoms with E-state index in [0.29, 0.717) is 34.7 Å². The Morgan fingerprint density at radius 3 is 1.74 bits per heavy atom. The number of para-hydroxylation sites is 1. The van der Waals surface area contributed by atoms with E-state index in [4.69, 9.17) is 24.4 Å². The molecule has 1 aliphatic carbocycles. The minimum atomic E-state index is -0.163. The third-order valence-electron chi connectivity index (χ3n) is 10.4. The Balaban J connectivity index is 1.13. The van der Waals surface area contributed by atoms with Crippen LogP contribution in [0.5, 0.6) is 23.0 Å². The van der Waals surface area contributed by atoms with Crippen molar-refractivity contribution in [3.05, 3.63) is 175 Å². The number of nitrogens with zero attached hydrogens (tertiary/aromatic N) is 3. The molecule has 7 aromatic carbocycles. The summed E-state index contributed by atoms with van der Waals surface area (Å²) in [6, 6.07) is 55.9. The molecule has 1 aromatic heterocycles. The number of hydrogen-bond acceptors (Lipinski definition) is 5. The quantitative estimate of drug-likeness (QED) is 0.181.